The van der Waals surface area contributed by atoms with Gasteiger partial charge in [0.1, 0.15) is 23.1 Å². The van der Waals surface area contributed by atoms with E-state index in [9.17, 15) is 14.4 Å². The van der Waals surface area contributed by atoms with Gasteiger partial charge in [-0.25, -0.2) is 0 Å². The van der Waals surface area contributed by atoms with Gasteiger partial charge in [-0.05, 0) is 6.08 Å². The first-order chi connectivity index (χ1) is 8.52. The smallest absolute Gasteiger partial charge is 0.307 e. The van der Waals surface area contributed by atoms with Crippen LogP contribution >= 0.6 is 0 Å². The number of ether oxygens (including phenoxy) is 2. The molecule has 2 atom stereocenters. The number of rotatable bonds is 2. The van der Waals surface area contributed by atoms with Crippen molar-refractivity contribution in [2.45, 2.75) is 19.8 Å². The van der Waals surface area contributed by atoms with Gasteiger partial charge in [-0.15, -0.1) is 0 Å². The summed E-state index contributed by atoms with van der Waals surface area (Å²) in [6.45, 7) is 1.26. The van der Waals surface area contributed by atoms with Gasteiger partial charge in [0.25, 0.3) is 0 Å². The Kier molecular flexibility index (Phi) is 3.32. The first-order valence-corrected chi connectivity index (χ1v) is 5.74. The first kappa shape index (κ1) is 12.5. The molecule has 1 saturated carbocycles. The number of hydrogen-bond acceptors (Lipinski definition) is 5. The summed E-state index contributed by atoms with van der Waals surface area (Å²) in [5.41, 5.74) is 0. The highest BCUT2D eigenvalue weighted by molar-refractivity contribution is 5.99. The number of esters is 1. The van der Waals surface area contributed by atoms with Gasteiger partial charge in [0, 0.05) is 25.8 Å². The van der Waals surface area contributed by atoms with Crippen molar-refractivity contribution >= 4 is 17.5 Å². The van der Waals surface area contributed by atoms with Crippen LogP contribution in [0.15, 0.2) is 23.7 Å². The summed E-state index contributed by atoms with van der Waals surface area (Å²) in [5.74, 6) is -1.19. The molecular weight excluding hydrogens is 236 g/mol. The molecule has 96 valence electrons. The van der Waals surface area contributed by atoms with Crippen molar-refractivity contribution in [3.8, 4) is 0 Å². The van der Waals surface area contributed by atoms with Crippen molar-refractivity contribution in [1.29, 1.82) is 0 Å². The van der Waals surface area contributed by atoms with Gasteiger partial charge in [-0.3, -0.25) is 14.4 Å². The van der Waals surface area contributed by atoms with Gasteiger partial charge >= 0.3 is 5.97 Å². The van der Waals surface area contributed by atoms with Crippen LogP contribution in [0.3, 0.4) is 0 Å². The third kappa shape index (κ3) is 2.20. The Morgan fingerprint density at radius 3 is 2.56 bits per heavy atom. The molecule has 1 fully saturated rings. The Morgan fingerprint density at radius 1 is 1.28 bits per heavy atom. The molecule has 2 rings (SSSR count). The molecule has 0 amide bonds. The molecule has 5 heteroatoms. The quantitative estimate of drug-likeness (QED) is 0.687. The molecule has 0 aromatic carbocycles. The monoisotopic (exact) mass is 250 g/mol. The van der Waals surface area contributed by atoms with Crippen molar-refractivity contribution in [2.75, 3.05) is 7.11 Å². The molecule has 0 aromatic heterocycles. The van der Waals surface area contributed by atoms with E-state index in [1.54, 1.807) is 6.08 Å². The van der Waals surface area contributed by atoms with E-state index >= 15 is 0 Å². The van der Waals surface area contributed by atoms with Gasteiger partial charge in [0.2, 0.25) is 0 Å². The third-order valence-electron chi connectivity index (χ3n) is 3.13. The number of fused-ring (bicyclic) bond motifs is 1. The molecule has 0 aliphatic heterocycles. The van der Waals surface area contributed by atoms with Crippen molar-refractivity contribution in [1.82, 2.24) is 0 Å². The van der Waals surface area contributed by atoms with Crippen molar-refractivity contribution in [3.63, 3.8) is 0 Å². The lowest BCUT2D eigenvalue weighted by Gasteiger charge is -2.31. The minimum atomic E-state index is -0.672. The highest BCUT2D eigenvalue weighted by atomic mass is 16.5. The first-order valence-electron chi connectivity index (χ1n) is 5.74. The van der Waals surface area contributed by atoms with E-state index in [1.807, 2.05) is 0 Å². The molecule has 0 heterocycles. The lowest BCUT2D eigenvalue weighted by atomic mass is 9.74. The summed E-state index contributed by atoms with van der Waals surface area (Å²) in [6.07, 6.45) is 3.56. The molecule has 2 unspecified atom stereocenters. The standard InChI is InChI=1S/C13H14O5/c1-7(14)18-12-6-8(17-2)5-9-10(15)3-4-11(16)13(9)12/h5-6,9,13H,3-4H2,1-2H3. The Hall–Kier alpha value is -1.91. The lowest BCUT2D eigenvalue weighted by Crippen LogP contribution is -2.38. The highest BCUT2D eigenvalue weighted by Crippen LogP contribution is 2.36. The second-order valence-corrected chi connectivity index (χ2v) is 4.35. The Balaban J connectivity index is 2.38. The number of carbonyl (C=O) groups is 3. The van der Waals surface area contributed by atoms with E-state index in [2.05, 4.69) is 0 Å². The van der Waals surface area contributed by atoms with E-state index < -0.39 is 17.8 Å². The van der Waals surface area contributed by atoms with Crippen LogP contribution in [0.2, 0.25) is 0 Å². The summed E-state index contributed by atoms with van der Waals surface area (Å²) >= 11 is 0. The number of hydrogen-bond donors (Lipinski definition) is 0. The van der Waals surface area contributed by atoms with E-state index in [-0.39, 0.29) is 30.2 Å². The second kappa shape index (κ2) is 4.76. The van der Waals surface area contributed by atoms with Crippen molar-refractivity contribution in [2.24, 2.45) is 11.8 Å². The van der Waals surface area contributed by atoms with Gasteiger partial charge < -0.3 is 9.47 Å². The molecule has 2 aliphatic carbocycles. The average Bonchev–Trinajstić information content (AvgIpc) is 2.32. The molecule has 0 N–H and O–H groups in total. The number of ketones is 2. The number of methoxy groups -OCH3 is 1. The summed E-state index contributed by atoms with van der Waals surface area (Å²) in [6, 6.07) is 0. The molecule has 0 radical (unpaired) electrons. The fourth-order valence-corrected chi connectivity index (χ4v) is 2.32. The number of allylic oxidation sites excluding steroid dienone is 3. The van der Waals surface area contributed by atoms with E-state index in [0.29, 0.717) is 5.76 Å². The van der Waals surface area contributed by atoms with Crippen LogP contribution in [0, 0.1) is 11.8 Å². The maximum Gasteiger partial charge on any atom is 0.307 e. The minimum absolute atomic E-state index is 0.0214. The third-order valence-corrected chi connectivity index (χ3v) is 3.13. The highest BCUT2D eigenvalue weighted by Gasteiger charge is 2.42. The maximum atomic E-state index is 11.9. The summed E-state index contributed by atoms with van der Waals surface area (Å²) in [4.78, 5) is 34.8. The minimum Gasteiger partial charge on any atom is -0.497 e. The van der Waals surface area contributed by atoms with Crippen LogP contribution < -0.4 is 0 Å². The summed E-state index contributed by atoms with van der Waals surface area (Å²) in [7, 11) is 1.46. The van der Waals surface area contributed by atoms with Crippen LogP contribution in [0.4, 0.5) is 0 Å². The van der Waals surface area contributed by atoms with Crippen molar-refractivity contribution < 1.29 is 23.9 Å². The zero-order chi connectivity index (χ0) is 13.3. The average molecular weight is 250 g/mol. The topological polar surface area (TPSA) is 69.7 Å². The van der Waals surface area contributed by atoms with Gasteiger partial charge in [-0.1, -0.05) is 0 Å². The molecular formula is C13H14O5. The summed E-state index contributed by atoms with van der Waals surface area (Å²) in [5, 5.41) is 0. The molecule has 0 saturated heterocycles. The Labute approximate surface area is 104 Å². The predicted molar refractivity (Wildman–Crippen MR) is 61.2 cm³/mol. The van der Waals surface area contributed by atoms with E-state index in [1.165, 1.54) is 20.1 Å². The fraction of sp³-hybridized carbons (Fsp3) is 0.462. The molecule has 0 aromatic rings. The van der Waals surface area contributed by atoms with Crippen LogP contribution in [0.5, 0.6) is 0 Å². The largest absolute Gasteiger partial charge is 0.497 e. The molecule has 0 spiro atoms. The number of Topliss-reactive ketones (excluding diaryl/α,β-unsaturated/α-hetero) is 2. The zero-order valence-electron chi connectivity index (χ0n) is 10.3. The fourth-order valence-electron chi connectivity index (χ4n) is 2.32. The summed E-state index contributed by atoms with van der Waals surface area (Å²) < 4.78 is 10.1. The molecule has 5 nitrogen and oxygen atoms in total. The Bertz CT molecular complexity index is 472. The van der Waals surface area contributed by atoms with Crippen LogP contribution in [-0.2, 0) is 23.9 Å². The number of carbonyl (C=O) groups excluding carboxylic acids is 3. The van der Waals surface area contributed by atoms with Crippen LogP contribution in [-0.4, -0.2) is 24.6 Å². The van der Waals surface area contributed by atoms with Crippen LogP contribution in [0.1, 0.15) is 19.8 Å². The van der Waals surface area contributed by atoms with E-state index in [0.717, 1.165) is 0 Å². The molecule has 0 bridgehead atoms. The SMILES string of the molecule is COC1=CC2C(=O)CCC(=O)C2C(OC(C)=O)=C1. The van der Waals surface area contributed by atoms with Crippen molar-refractivity contribution in [3.05, 3.63) is 23.7 Å². The van der Waals surface area contributed by atoms with Gasteiger partial charge in [0.15, 0.2) is 0 Å². The van der Waals surface area contributed by atoms with Gasteiger partial charge in [-0.2, -0.15) is 0 Å². The Morgan fingerprint density at radius 2 is 1.94 bits per heavy atom. The second-order valence-electron chi connectivity index (χ2n) is 4.35. The van der Waals surface area contributed by atoms with Gasteiger partial charge in [0.05, 0.1) is 18.9 Å². The van der Waals surface area contributed by atoms with E-state index in [4.69, 9.17) is 9.47 Å². The zero-order valence-corrected chi connectivity index (χ0v) is 10.3. The molecule has 18 heavy (non-hydrogen) atoms. The molecule has 2 aliphatic rings. The van der Waals surface area contributed by atoms with Crippen LogP contribution in [0.25, 0.3) is 0 Å². The normalized spacial score (nSPS) is 27.0. The maximum absolute atomic E-state index is 11.9. The predicted octanol–water partition coefficient (Wildman–Crippen LogP) is 1.14. The lowest BCUT2D eigenvalue weighted by molar-refractivity contribution is -0.142.